The molecule has 0 aliphatic carbocycles. The predicted octanol–water partition coefficient (Wildman–Crippen LogP) is 1.41. The van der Waals surface area contributed by atoms with Crippen molar-refractivity contribution in [3.05, 3.63) is 17.7 Å². The Hall–Kier alpha value is -0.920. The average Bonchev–Trinajstić information content (AvgIpc) is 2.45. The molecular weight excluding hydrogens is 220 g/mol. The van der Waals surface area contributed by atoms with E-state index in [4.69, 9.17) is 17.5 Å². The van der Waals surface area contributed by atoms with Gasteiger partial charge in [-0.2, -0.15) is 8.42 Å². The average molecular weight is 236 g/mol. The number of H-pyrrole nitrogens is 1. The molecule has 88 valence electrons. The molecule has 0 aliphatic rings. The summed E-state index contributed by atoms with van der Waals surface area (Å²) in [6, 6.07) is 0. The Bertz CT molecular complexity index is 364. The molecule has 1 aromatic rings. The van der Waals surface area contributed by atoms with Crippen LogP contribution in [0.5, 0.6) is 0 Å². The number of aryl methyl sites for hydroxylation is 2. The van der Waals surface area contributed by atoms with E-state index in [1.165, 1.54) is 18.5 Å². The third-order valence-electron chi connectivity index (χ3n) is 1.56. The molecule has 6 nitrogen and oxygen atoms in total. The van der Waals surface area contributed by atoms with Gasteiger partial charge in [0, 0.05) is 11.9 Å². The standard InChI is InChI=1S/C8H14N2.H2O4S/c1-3-4-5-8-6-9-7(2)10-8;1-5(2,3)4/h6H,3-5H2,1-2H3,(H,9,10);(H2,1,2,3,4). The maximum Gasteiger partial charge on any atom is 0.394 e. The second-order valence-corrected chi connectivity index (χ2v) is 3.94. The van der Waals surface area contributed by atoms with Crippen LogP contribution >= 0.6 is 0 Å². The lowest BCUT2D eigenvalue weighted by Crippen LogP contribution is -1.89. The molecular formula is C8H16N2O4S. The van der Waals surface area contributed by atoms with Crippen molar-refractivity contribution in [2.24, 2.45) is 0 Å². The summed E-state index contributed by atoms with van der Waals surface area (Å²) >= 11 is 0. The number of unbranched alkanes of at least 4 members (excludes halogenated alkanes) is 1. The number of imidazole rings is 1. The van der Waals surface area contributed by atoms with Crippen molar-refractivity contribution in [1.82, 2.24) is 9.97 Å². The Balaban J connectivity index is 0.000000336. The Morgan fingerprint density at radius 1 is 1.47 bits per heavy atom. The predicted molar refractivity (Wildman–Crippen MR) is 56.1 cm³/mol. The van der Waals surface area contributed by atoms with Gasteiger partial charge in [0.25, 0.3) is 0 Å². The van der Waals surface area contributed by atoms with Crippen LogP contribution in [0.15, 0.2) is 6.20 Å². The zero-order valence-electron chi connectivity index (χ0n) is 8.77. The molecule has 0 unspecified atom stereocenters. The second-order valence-electron chi connectivity index (χ2n) is 3.05. The van der Waals surface area contributed by atoms with Crippen molar-refractivity contribution < 1.29 is 17.5 Å². The molecule has 0 aliphatic heterocycles. The number of aromatic amines is 1. The third kappa shape index (κ3) is 11.0. The summed E-state index contributed by atoms with van der Waals surface area (Å²) in [4.78, 5) is 7.31. The summed E-state index contributed by atoms with van der Waals surface area (Å²) in [6.45, 7) is 4.18. The van der Waals surface area contributed by atoms with Crippen molar-refractivity contribution in [2.75, 3.05) is 0 Å². The quantitative estimate of drug-likeness (QED) is 0.688. The van der Waals surface area contributed by atoms with Crippen LogP contribution in [0.2, 0.25) is 0 Å². The van der Waals surface area contributed by atoms with Crippen molar-refractivity contribution in [1.29, 1.82) is 0 Å². The minimum absolute atomic E-state index is 1.02. The fraction of sp³-hybridized carbons (Fsp3) is 0.625. The van der Waals surface area contributed by atoms with E-state index >= 15 is 0 Å². The monoisotopic (exact) mass is 236 g/mol. The van der Waals surface area contributed by atoms with Crippen LogP contribution in [0.25, 0.3) is 0 Å². The molecule has 0 saturated carbocycles. The van der Waals surface area contributed by atoms with Crippen LogP contribution in [-0.2, 0) is 16.8 Å². The fourth-order valence-corrected chi connectivity index (χ4v) is 0.966. The van der Waals surface area contributed by atoms with Gasteiger partial charge in [0.05, 0.1) is 0 Å². The summed E-state index contributed by atoms with van der Waals surface area (Å²) in [7, 11) is -4.67. The van der Waals surface area contributed by atoms with E-state index in [1.54, 1.807) is 0 Å². The number of hydrogen-bond acceptors (Lipinski definition) is 3. The number of aromatic nitrogens is 2. The highest BCUT2D eigenvalue weighted by Gasteiger charge is 1.93. The molecule has 0 aromatic carbocycles. The normalized spacial score (nSPS) is 10.7. The molecule has 3 N–H and O–H groups in total. The van der Waals surface area contributed by atoms with Crippen molar-refractivity contribution in [3.8, 4) is 0 Å². The fourth-order valence-electron chi connectivity index (χ4n) is 0.966. The first-order valence-corrected chi connectivity index (χ1v) is 5.93. The Labute approximate surface area is 89.3 Å². The summed E-state index contributed by atoms with van der Waals surface area (Å²) in [6.07, 6.45) is 5.56. The maximum absolute atomic E-state index is 8.74. The zero-order chi connectivity index (χ0) is 11.9. The van der Waals surface area contributed by atoms with E-state index in [2.05, 4.69) is 16.9 Å². The third-order valence-corrected chi connectivity index (χ3v) is 1.56. The molecule has 0 spiro atoms. The molecule has 0 saturated heterocycles. The Kier molecular flexibility index (Phi) is 6.14. The molecule has 0 atom stereocenters. The summed E-state index contributed by atoms with van der Waals surface area (Å²) in [5, 5.41) is 0. The Morgan fingerprint density at radius 2 is 2.00 bits per heavy atom. The zero-order valence-corrected chi connectivity index (χ0v) is 9.58. The lowest BCUT2D eigenvalue weighted by atomic mass is 10.2. The van der Waals surface area contributed by atoms with Crippen molar-refractivity contribution >= 4 is 10.4 Å². The molecule has 1 heterocycles. The topological polar surface area (TPSA) is 103 Å². The molecule has 1 rings (SSSR count). The van der Waals surface area contributed by atoms with E-state index < -0.39 is 10.4 Å². The molecule has 0 bridgehead atoms. The van der Waals surface area contributed by atoms with Gasteiger partial charge in [0.15, 0.2) is 0 Å². The van der Waals surface area contributed by atoms with Gasteiger partial charge in [-0.25, -0.2) is 4.98 Å². The van der Waals surface area contributed by atoms with Crippen LogP contribution in [0.1, 0.15) is 31.3 Å². The SMILES string of the molecule is CCCCc1cnc(C)[nH]1.O=S(=O)(O)O. The van der Waals surface area contributed by atoms with Gasteiger partial charge in [0.2, 0.25) is 0 Å². The summed E-state index contributed by atoms with van der Waals surface area (Å²) in [5.74, 6) is 1.02. The smallest absolute Gasteiger partial charge is 0.346 e. The van der Waals surface area contributed by atoms with E-state index in [9.17, 15) is 0 Å². The largest absolute Gasteiger partial charge is 0.394 e. The molecule has 1 aromatic heterocycles. The Morgan fingerprint density at radius 3 is 2.33 bits per heavy atom. The molecule has 0 amide bonds. The van der Waals surface area contributed by atoms with Crippen molar-refractivity contribution in [2.45, 2.75) is 33.1 Å². The van der Waals surface area contributed by atoms with Gasteiger partial charge in [-0.05, 0) is 19.8 Å². The summed E-state index contributed by atoms with van der Waals surface area (Å²) in [5.41, 5.74) is 1.26. The second kappa shape index (κ2) is 6.54. The lowest BCUT2D eigenvalue weighted by molar-refractivity contribution is 0.381. The van der Waals surface area contributed by atoms with Crippen molar-refractivity contribution in [3.63, 3.8) is 0 Å². The van der Waals surface area contributed by atoms with Crippen LogP contribution in [0.3, 0.4) is 0 Å². The minimum Gasteiger partial charge on any atom is -0.346 e. The van der Waals surface area contributed by atoms with Gasteiger partial charge >= 0.3 is 10.4 Å². The molecule has 0 radical (unpaired) electrons. The van der Waals surface area contributed by atoms with Gasteiger partial charge < -0.3 is 4.98 Å². The van der Waals surface area contributed by atoms with Crippen LogP contribution in [0, 0.1) is 6.92 Å². The highest BCUT2D eigenvalue weighted by Crippen LogP contribution is 2.01. The summed E-state index contributed by atoms with van der Waals surface area (Å²) < 4.78 is 31.6. The maximum atomic E-state index is 8.74. The van der Waals surface area contributed by atoms with Gasteiger partial charge in [0.1, 0.15) is 5.82 Å². The van der Waals surface area contributed by atoms with E-state index in [0.29, 0.717) is 0 Å². The number of nitrogens with zero attached hydrogens (tertiary/aromatic N) is 1. The molecule has 0 fully saturated rings. The minimum atomic E-state index is -4.67. The van der Waals surface area contributed by atoms with E-state index in [0.717, 1.165) is 12.2 Å². The first-order valence-electron chi connectivity index (χ1n) is 4.53. The van der Waals surface area contributed by atoms with E-state index in [1.807, 2.05) is 13.1 Å². The number of hydrogen-bond donors (Lipinski definition) is 3. The lowest BCUT2D eigenvalue weighted by Gasteiger charge is -1.91. The van der Waals surface area contributed by atoms with Gasteiger partial charge in [-0.3, -0.25) is 9.11 Å². The van der Waals surface area contributed by atoms with Crippen LogP contribution in [-0.4, -0.2) is 27.5 Å². The first-order chi connectivity index (χ1) is 6.83. The van der Waals surface area contributed by atoms with E-state index in [-0.39, 0.29) is 0 Å². The van der Waals surface area contributed by atoms with Gasteiger partial charge in [-0.15, -0.1) is 0 Å². The number of nitrogens with one attached hydrogen (secondary N) is 1. The molecule has 7 heteroatoms. The van der Waals surface area contributed by atoms with Gasteiger partial charge in [-0.1, -0.05) is 13.3 Å². The number of rotatable bonds is 3. The van der Waals surface area contributed by atoms with Crippen LogP contribution < -0.4 is 0 Å². The first kappa shape index (κ1) is 14.1. The highest BCUT2D eigenvalue weighted by atomic mass is 32.3. The van der Waals surface area contributed by atoms with Crippen LogP contribution in [0.4, 0.5) is 0 Å². The highest BCUT2D eigenvalue weighted by molar-refractivity contribution is 7.79. The molecule has 15 heavy (non-hydrogen) atoms.